The van der Waals surface area contributed by atoms with Crippen LogP contribution in [0.15, 0.2) is 77.4 Å². The van der Waals surface area contributed by atoms with Crippen molar-refractivity contribution in [2.24, 2.45) is 4.99 Å². The lowest BCUT2D eigenvalue weighted by atomic mass is 9.73. The van der Waals surface area contributed by atoms with Crippen molar-refractivity contribution in [3.05, 3.63) is 93.6 Å². The van der Waals surface area contributed by atoms with Crippen molar-refractivity contribution < 1.29 is 14.6 Å². The first-order valence-electron chi connectivity index (χ1n) is 10.7. The van der Waals surface area contributed by atoms with Gasteiger partial charge in [0, 0.05) is 16.2 Å². The lowest BCUT2D eigenvalue weighted by molar-refractivity contribution is -0.148. The van der Waals surface area contributed by atoms with Gasteiger partial charge < -0.3 is 14.7 Å². The highest BCUT2D eigenvalue weighted by Gasteiger charge is 2.73. The van der Waals surface area contributed by atoms with E-state index in [1.54, 1.807) is 31.2 Å². The highest BCUT2D eigenvalue weighted by atomic mass is 35.5. The fraction of sp³-hybridized carbons (Fsp3) is 0.280. The van der Waals surface area contributed by atoms with Crippen molar-refractivity contribution in [2.45, 2.75) is 37.2 Å². The van der Waals surface area contributed by atoms with Crippen LogP contribution >= 0.6 is 23.2 Å². The summed E-state index contributed by atoms with van der Waals surface area (Å²) in [6.45, 7) is 3.92. The van der Waals surface area contributed by atoms with Crippen molar-refractivity contribution in [3.63, 3.8) is 0 Å². The van der Waals surface area contributed by atoms with Gasteiger partial charge >= 0.3 is 5.97 Å². The van der Waals surface area contributed by atoms with Crippen molar-refractivity contribution in [3.8, 4) is 0 Å². The van der Waals surface area contributed by atoms with E-state index in [4.69, 9.17) is 32.9 Å². The Balaban J connectivity index is 1.83. The van der Waals surface area contributed by atoms with Crippen LogP contribution in [0.1, 0.15) is 25.0 Å². The molecule has 33 heavy (non-hydrogen) atoms. The van der Waals surface area contributed by atoms with Crippen molar-refractivity contribution in [1.29, 1.82) is 0 Å². The molecule has 0 amide bonds. The minimum Gasteiger partial charge on any atom is -0.465 e. The van der Waals surface area contributed by atoms with Crippen LogP contribution in [0.4, 0.5) is 0 Å². The molecule has 2 N–H and O–H groups in total. The molecule has 6 nitrogen and oxygen atoms in total. The standard InChI is InChI=1S/C25H23Cl2N3O3/c1-3-33-23(32)21-22(31)24(16-5-9-18(26)10-6-16)25(29-21,17-7-11-19(27)12-8-17)30-14-15(2)4-13-20(30)28-24/h4-14,21-22,29,31H,3H2,1-2H3/t21-,22-,24+,25-/m1/s1. The van der Waals surface area contributed by atoms with Crippen LogP contribution in [0.25, 0.3) is 0 Å². The number of allylic oxidation sites excluding steroid dienone is 2. The van der Waals surface area contributed by atoms with Gasteiger partial charge in [-0.05, 0) is 60.9 Å². The maximum Gasteiger partial charge on any atom is 0.326 e. The first-order chi connectivity index (χ1) is 15.8. The van der Waals surface area contributed by atoms with Gasteiger partial charge in [0.1, 0.15) is 18.0 Å². The molecular weight excluding hydrogens is 461 g/mol. The lowest BCUT2D eigenvalue weighted by Crippen LogP contribution is -2.59. The third-order valence-electron chi connectivity index (χ3n) is 6.47. The Bertz CT molecular complexity index is 1190. The third kappa shape index (κ3) is 3.09. The zero-order valence-corrected chi connectivity index (χ0v) is 19.6. The Morgan fingerprint density at radius 1 is 1.09 bits per heavy atom. The van der Waals surface area contributed by atoms with E-state index in [1.807, 2.05) is 54.4 Å². The van der Waals surface area contributed by atoms with Gasteiger partial charge in [-0.1, -0.05) is 53.5 Å². The highest BCUT2D eigenvalue weighted by Crippen LogP contribution is 2.58. The van der Waals surface area contributed by atoms with Crippen molar-refractivity contribution >= 4 is 35.0 Å². The van der Waals surface area contributed by atoms with Crippen LogP contribution in [0.5, 0.6) is 0 Å². The van der Waals surface area contributed by atoms with Crippen LogP contribution in [0.3, 0.4) is 0 Å². The molecule has 170 valence electrons. The number of nitrogens with zero attached hydrogens (tertiary/aromatic N) is 2. The summed E-state index contributed by atoms with van der Waals surface area (Å²) in [6, 6.07) is 13.6. The largest absolute Gasteiger partial charge is 0.465 e. The fourth-order valence-electron chi connectivity index (χ4n) is 5.11. The molecule has 1 fully saturated rings. The summed E-state index contributed by atoms with van der Waals surface area (Å²) in [6.07, 6.45) is 4.62. The van der Waals surface area contributed by atoms with E-state index >= 15 is 0 Å². The van der Waals surface area contributed by atoms with E-state index in [9.17, 15) is 9.90 Å². The van der Waals surface area contributed by atoms with E-state index in [2.05, 4.69) is 5.32 Å². The van der Waals surface area contributed by atoms with E-state index in [0.717, 1.165) is 16.7 Å². The van der Waals surface area contributed by atoms with Crippen LogP contribution in [-0.4, -0.2) is 40.6 Å². The maximum absolute atomic E-state index is 13.0. The molecule has 5 rings (SSSR count). The number of aliphatic hydroxyl groups excluding tert-OH is 1. The fourth-order valence-corrected chi connectivity index (χ4v) is 5.36. The zero-order valence-electron chi connectivity index (χ0n) is 18.1. The monoisotopic (exact) mass is 483 g/mol. The van der Waals surface area contributed by atoms with Gasteiger partial charge in [0.15, 0.2) is 11.2 Å². The second kappa shape index (κ2) is 7.99. The maximum atomic E-state index is 13.0. The van der Waals surface area contributed by atoms with Crippen molar-refractivity contribution in [2.75, 3.05) is 6.61 Å². The number of rotatable bonds is 4. The molecule has 3 aliphatic heterocycles. The molecule has 0 spiro atoms. The first-order valence-corrected chi connectivity index (χ1v) is 11.5. The van der Waals surface area contributed by atoms with Crippen molar-refractivity contribution in [1.82, 2.24) is 10.2 Å². The average molecular weight is 484 g/mol. The number of halogens is 2. The number of aliphatic hydroxyl groups is 1. The van der Waals surface area contributed by atoms with Gasteiger partial charge in [0.25, 0.3) is 0 Å². The first kappa shape index (κ1) is 22.2. The molecule has 0 radical (unpaired) electrons. The summed E-state index contributed by atoms with van der Waals surface area (Å²) in [7, 11) is 0. The molecule has 0 aliphatic carbocycles. The zero-order chi connectivity index (χ0) is 23.4. The Morgan fingerprint density at radius 3 is 2.30 bits per heavy atom. The summed E-state index contributed by atoms with van der Waals surface area (Å²) in [5, 5.41) is 16.4. The number of aliphatic imine (C=N–C) groups is 1. The topological polar surface area (TPSA) is 74.2 Å². The molecule has 0 aromatic heterocycles. The number of carbonyl (C=O) groups excluding carboxylic acids is 1. The van der Waals surface area contributed by atoms with Gasteiger partial charge in [-0.15, -0.1) is 0 Å². The summed E-state index contributed by atoms with van der Waals surface area (Å²) in [5.74, 6) is 0.130. The van der Waals surface area contributed by atoms with Gasteiger partial charge in [0.05, 0.1) is 6.61 Å². The Hall–Kier alpha value is -2.64. The average Bonchev–Trinajstić information content (AvgIpc) is 3.23. The smallest absolute Gasteiger partial charge is 0.326 e. The number of hydrogen-bond donors (Lipinski definition) is 2. The van der Waals surface area contributed by atoms with E-state index in [1.165, 1.54) is 0 Å². The van der Waals surface area contributed by atoms with E-state index in [0.29, 0.717) is 15.9 Å². The highest BCUT2D eigenvalue weighted by molar-refractivity contribution is 6.30. The number of ether oxygens (including phenoxy) is 1. The van der Waals surface area contributed by atoms with Gasteiger partial charge in [-0.2, -0.15) is 0 Å². The number of fused-ring (bicyclic) bond motifs is 3. The minimum atomic E-state index is -1.27. The predicted octanol–water partition coefficient (Wildman–Crippen LogP) is 4.13. The normalized spacial score (nSPS) is 29.9. The van der Waals surface area contributed by atoms with Crippen LogP contribution in [0.2, 0.25) is 10.0 Å². The van der Waals surface area contributed by atoms with Gasteiger partial charge in [-0.25, -0.2) is 4.99 Å². The third-order valence-corrected chi connectivity index (χ3v) is 6.98. The summed E-state index contributed by atoms with van der Waals surface area (Å²) >= 11 is 12.4. The Morgan fingerprint density at radius 2 is 1.70 bits per heavy atom. The molecule has 3 aliphatic rings. The molecule has 2 aromatic carbocycles. The quantitative estimate of drug-likeness (QED) is 0.639. The molecule has 3 heterocycles. The number of amidine groups is 1. The van der Waals surface area contributed by atoms with Gasteiger partial charge in [0.2, 0.25) is 0 Å². The lowest BCUT2D eigenvalue weighted by Gasteiger charge is -2.45. The number of nitrogens with one attached hydrogen (secondary N) is 1. The van der Waals surface area contributed by atoms with E-state index in [-0.39, 0.29) is 6.61 Å². The number of esters is 1. The number of benzene rings is 2. The molecule has 0 unspecified atom stereocenters. The van der Waals surface area contributed by atoms with E-state index < -0.39 is 29.3 Å². The minimum absolute atomic E-state index is 0.200. The summed E-state index contributed by atoms with van der Waals surface area (Å²) < 4.78 is 5.32. The second-order valence-electron chi connectivity index (χ2n) is 8.36. The SMILES string of the molecule is CCOC(=O)[C@@H]1N[C@]2(c3ccc(Cl)cc3)N3C=C(C)C=CC3=N[C@@]2(c2ccc(Cl)cc2)[C@@H]1O. The molecule has 4 atom stereocenters. The van der Waals surface area contributed by atoms with Gasteiger partial charge in [-0.3, -0.25) is 10.1 Å². The molecular formula is C25H23Cl2N3O3. The second-order valence-corrected chi connectivity index (χ2v) is 9.23. The van der Waals surface area contributed by atoms with Crippen LogP contribution in [-0.2, 0) is 20.7 Å². The Kier molecular flexibility index (Phi) is 5.37. The molecule has 8 heteroatoms. The number of carbonyl (C=O) groups is 1. The Labute approximate surface area is 202 Å². The molecule has 0 saturated carbocycles. The molecule has 1 saturated heterocycles. The van der Waals surface area contributed by atoms with Crippen LogP contribution < -0.4 is 5.32 Å². The molecule has 0 bridgehead atoms. The van der Waals surface area contributed by atoms with Crippen LogP contribution in [0, 0.1) is 0 Å². The summed E-state index contributed by atoms with van der Waals surface area (Å²) in [5.41, 5.74) is 0.124. The molecule has 2 aromatic rings. The predicted molar refractivity (Wildman–Crippen MR) is 128 cm³/mol. The summed E-state index contributed by atoms with van der Waals surface area (Å²) in [4.78, 5) is 20.1. The number of hydrogen-bond acceptors (Lipinski definition) is 6.